The zero-order chi connectivity index (χ0) is 15.0. The maximum atomic E-state index is 5.76. The fourth-order valence-electron chi connectivity index (χ4n) is 2.07. The molecular formula is C17H29NO2. The number of benzene rings is 1. The zero-order valence-corrected chi connectivity index (χ0v) is 13.5. The molecular weight excluding hydrogens is 250 g/mol. The Hall–Kier alpha value is -1.06. The van der Waals surface area contributed by atoms with E-state index in [1.807, 2.05) is 6.07 Å². The van der Waals surface area contributed by atoms with E-state index in [1.54, 1.807) is 0 Å². The van der Waals surface area contributed by atoms with Crippen molar-refractivity contribution in [1.82, 2.24) is 5.32 Å². The Bertz CT molecular complexity index is 385. The van der Waals surface area contributed by atoms with Crippen molar-refractivity contribution in [3.63, 3.8) is 0 Å². The van der Waals surface area contributed by atoms with Gasteiger partial charge >= 0.3 is 0 Å². The van der Waals surface area contributed by atoms with Gasteiger partial charge in [-0.15, -0.1) is 0 Å². The van der Waals surface area contributed by atoms with E-state index in [-0.39, 0.29) is 5.60 Å². The van der Waals surface area contributed by atoms with Gasteiger partial charge in [-0.2, -0.15) is 0 Å². The number of hydrogen-bond donors (Lipinski definition) is 1. The molecule has 0 fully saturated rings. The van der Waals surface area contributed by atoms with E-state index in [9.17, 15) is 0 Å². The summed E-state index contributed by atoms with van der Waals surface area (Å²) < 4.78 is 11.4. The van der Waals surface area contributed by atoms with Crippen LogP contribution in [0.3, 0.4) is 0 Å². The Morgan fingerprint density at radius 3 is 2.50 bits per heavy atom. The zero-order valence-electron chi connectivity index (χ0n) is 13.5. The highest BCUT2D eigenvalue weighted by molar-refractivity contribution is 5.30. The summed E-state index contributed by atoms with van der Waals surface area (Å²) in [5, 5.41) is 3.48. The minimum Gasteiger partial charge on any atom is -0.491 e. The number of hydrogen-bond acceptors (Lipinski definition) is 3. The smallest absolute Gasteiger partial charge is 0.119 e. The lowest BCUT2D eigenvalue weighted by Gasteiger charge is -2.20. The lowest BCUT2D eigenvalue weighted by atomic mass is 10.0. The van der Waals surface area contributed by atoms with E-state index in [4.69, 9.17) is 9.47 Å². The summed E-state index contributed by atoms with van der Waals surface area (Å²) in [6.45, 7) is 12.6. The molecule has 3 heteroatoms. The quantitative estimate of drug-likeness (QED) is 0.731. The molecule has 1 N–H and O–H groups in total. The van der Waals surface area contributed by atoms with E-state index >= 15 is 0 Å². The molecule has 0 bridgehead atoms. The molecule has 20 heavy (non-hydrogen) atoms. The van der Waals surface area contributed by atoms with Crippen LogP contribution in [0.5, 0.6) is 5.75 Å². The van der Waals surface area contributed by atoms with Gasteiger partial charge in [-0.1, -0.05) is 26.0 Å². The van der Waals surface area contributed by atoms with Crippen molar-refractivity contribution >= 4 is 0 Å². The minimum absolute atomic E-state index is 0.108. The molecule has 0 aliphatic rings. The molecule has 0 spiro atoms. The van der Waals surface area contributed by atoms with Crippen molar-refractivity contribution in [2.45, 2.75) is 52.7 Å². The van der Waals surface area contributed by atoms with Gasteiger partial charge in [-0.05, 0) is 51.4 Å². The van der Waals surface area contributed by atoms with Crippen LogP contribution in [-0.2, 0) is 4.74 Å². The molecule has 0 aromatic heterocycles. The molecule has 1 atom stereocenters. The number of nitrogens with one attached hydrogen (secondary N) is 1. The first-order valence-corrected chi connectivity index (χ1v) is 7.56. The Kier molecular flexibility index (Phi) is 7.03. The maximum Gasteiger partial charge on any atom is 0.119 e. The summed E-state index contributed by atoms with van der Waals surface area (Å²) in [5.41, 5.74) is 1.17. The van der Waals surface area contributed by atoms with Crippen molar-refractivity contribution in [2.24, 2.45) is 0 Å². The average molecular weight is 279 g/mol. The first kappa shape index (κ1) is 17.0. The van der Waals surface area contributed by atoms with Gasteiger partial charge in [0.25, 0.3) is 0 Å². The van der Waals surface area contributed by atoms with E-state index in [0.29, 0.717) is 19.3 Å². The molecule has 1 aromatic carbocycles. The van der Waals surface area contributed by atoms with Gasteiger partial charge in [0.1, 0.15) is 12.4 Å². The molecule has 0 aliphatic heterocycles. The Balaban J connectivity index is 2.51. The van der Waals surface area contributed by atoms with Crippen molar-refractivity contribution in [2.75, 3.05) is 19.8 Å². The Labute approximate surface area is 123 Å². The van der Waals surface area contributed by atoms with Crippen molar-refractivity contribution in [3.8, 4) is 5.75 Å². The standard InChI is InChI=1S/C17H29NO2/c1-6-16(18-7-2)14-9-8-10-15(13-14)19-11-12-20-17(3,4)5/h8-10,13,16,18H,6-7,11-12H2,1-5H3. The van der Waals surface area contributed by atoms with Crippen LogP contribution in [0.25, 0.3) is 0 Å². The number of rotatable bonds is 8. The molecule has 0 saturated heterocycles. The van der Waals surface area contributed by atoms with Gasteiger partial charge in [0.2, 0.25) is 0 Å². The molecule has 1 rings (SSSR count). The average Bonchev–Trinajstić information content (AvgIpc) is 2.40. The van der Waals surface area contributed by atoms with E-state index in [1.165, 1.54) is 5.56 Å². The third-order valence-electron chi connectivity index (χ3n) is 3.01. The van der Waals surface area contributed by atoms with Crippen LogP contribution >= 0.6 is 0 Å². The second-order valence-electron chi connectivity index (χ2n) is 5.90. The predicted octanol–water partition coefficient (Wildman–Crippen LogP) is 3.94. The molecule has 1 aromatic rings. The molecule has 0 amide bonds. The Morgan fingerprint density at radius 1 is 1.15 bits per heavy atom. The van der Waals surface area contributed by atoms with Crippen molar-refractivity contribution in [1.29, 1.82) is 0 Å². The van der Waals surface area contributed by atoms with Gasteiger partial charge in [0.15, 0.2) is 0 Å². The summed E-state index contributed by atoms with van der Waals surface area (Å²) in [7, 11) is 0. The third-order valence-corrected chi connectivity index (χ3v) is 3.01. The fourth-order valence-corrected chi connectivity index (χ4v) is 2.07. The van der Waals surface area contributed by atoms with Crippen LogP contribution in [0, 0.1) is 0 Å². The first-order valence-electron chi connectivity index (χ1n) is 7.56. The van der Waals surface area contributed by atoms with E-state index < -0.39 is 0 Å². The maximum absolute atomic E-state index is 5.76. The highest BCUT2D eigenvalue weighted by atomic mass is 16.5. The number of ether oxygens (including phenoxy) is 2. The molecule has 0 radical (unpaired) electrons. The minimum atomic E-state index is -0.108. The highest BCUT2D eigenvalue weighted by Crippen LogP contribution is 2.21. The lowest BCUT2D eigenvalue weighted by molar-refractivity contribution is -0.0163. The fraction of sp³-hybridized carbons (Fsp3) is 0.647. The van der Waals surface area contributed by atoms with Crippen LogP contribution in [0.2, 0.25) is 0 Å². The highest BCUT2D eigenvalue weighted by Gasteiger charge is 2.10. The summed E-state index contributed by atoms with van der Waals surface area (Å²) in [4.78, 5) is 0. The second kappa shape index (κ2) is 8.28. The van der Waals surface area contributed by atoms with Gasteiger partial charge in [-0.3, -0.25) is 0 Å². The summed E-state index contributed by atoms with van der Waals surface area (Å²) in [6, 6.07) is 8.71. The predicted molar refractivity (Wildman–Crippen MR) is 84.4 cm³/mol. The van der Waals surface area contributed by atoms with Crippen molar-refractivity contribution < 1.29 is 9.47 Å². The van der Waals surface area contributed by atoms with Crippen LogP contribution in [-0.4, -0.2) is 25.4 Å². The van der Waals surface area contributed by atoms with E-state index in [2.05, 4.69) is 58.1 Å². The summed E-state index contributed by atoms with van der Waals surface area (Å²) in [6.07, 6.45) is 1.07. The van der Waals surface area contributed by atoms with Crippen LogP contribution < -0.4 is 10.1 Å². The molecule has 1 unspecified atom stereocenters. The second-order valence-corrected chi connectivity index (χ2v) is 5.90. The topological polar surface area (TPSA) is 30.5 Å². The lowest BCUT2D eigenvalue weighted by Crippen LogP contribution is -2.22. The summed E-state index contributed by atoms with van der Waals surface area (Å²) in [5.74, 6) is 0.913. The van der Waals surface area contributed by atoms with Crippen LogP contribution in [0.15, 0.2) is 24.3 Å². The van der Waals surface area contributed by atoms with Crippen LogP contribution in [0.4, 0.5) is 0 Å². The third kappa shape index (κ3) is 6.40. The molecule has 114 valence electrons. The molecule has 0 saturated carbocycles. The normalized spacial score (nSPS) is 13.2. The SMILES string of the molecule is CCNC(CC)c1cccc(OCCOC(C)(C)C)c1. The van der Waals surface area contributed by atoms with Gasteiger partial charge in [0.05, 0.1) is 12.2 Å². The first-order chi connectivity index (χ1) is 9.46. The monoisotopic (exact) mass is 279 g/mol. The van der Waals surface area contributed by atoms with E-state index in [0.717, 1.165) is 18.7 Å². The van der Waals surface area contributed by atoms with Crippen molar-refractivity contribution in [3.05, 3.63) is 29.8 Å². The molecule has 0 heterocycles. The largest absolute Gasteiger partial charge is 0.491 e. The summed E-state index contributed by atoms with van der Waals surface area (Å²) >= 11 is 0. The Morgan fingerprint density at radius 2 is 1.90 bits per heavy atom. The molecule has 3 nitrogen and oxygen atoms in total. The van der Waals surface area contributed by atoms with Gasteiger partial charge < -0.3 is 14.8 Å². The van der Waals surface area contributed by atoms with Gasteiger partial charge in [-0.25, -0.2) is 0 Å². The van der Waals surface area contributed by atoms with Crippen LogP contribution in [0.1, 0.15) is 52.6 Å². The van der Waals surface area contributed by atoms with Gasteiger partial charge in [0, 0.05) is 6.04 Å². The molecule has 0 aliphatic carbocycles.